The van der Waals surface area contributed by atoms with E-state index in [1.165, 1.54) is 34.2 Å². The summed E-state index contributed by atoms with van der Waals surface area (Å²) in [7, 11) is 4.65. The van der Waals surface area contributed by atoms with Crippen molar-refractivity contribution in [3.63, 3.8) is 0 Å². The first kappa shape index (κ1) is 29.6. The van der Waals surface area contributed by atoms with Gasteiger partial charge in [-0.15, -0.1) is 11.3 Å². The molecule has 3 rings (SSSR count). The molecule has 1 atom stereocenters. The Bertz CT molecular complexity index is 1410. The van der Waals surface area contributed by atoms with Crippen LogP contribution in [-0.4, -0.2) is 59.6 Å². The molecule has 39 heavy (non-hydrogen) atoms. The number of ether oxygens (including phenoxy) is 1. The van der Waals surface area contributed by atoms with E-state index in [4.69, 9.17) is 9.72 Å². The van der Waals surface area contributed by atoms with Gasteiger partial charge in [-0.1, -0.05) is 32.1 Å². The highest BCUT2D eigenvalue weighted by molar-refractivity contribution is 7.18. The summed E-state index contributed by atoms with van der Waals surface area (Å²) in [5.41, 5.74) is 1.81. The minimum absolute atomic E-state index is 0.0629. The Balaban J connectivity index is 1.75. The van der Waals surface area contributed by atoms with Crippen molar-refractivity contribution in [2.75, 3.05) is 26.5 Å². The van der Waals surface area contributed by atoms with Crippen LogP contribution in [0.2, 0.25) is 0 Å². The van der Waals surface area contributed by atoms with Crippen LogP contribution in [-0.2, 0) is 27.3 Å². The van der Waals surface area contributed by atoms with E-state index < -0.39 is 23.7 Å². The summed E-state index contributed by atoms with van der Waals surface area (Å²) in [6.45, 7) is 4.60. The number of allylic oxidation sites excluding steroid dienone is 1. The second kappa shape index (κ2) is 13.7. The van der Waals surface area contributed by atoms with Crippen molar-refractivity contribution in [1.29, 1.82) is 0 Å². The summed E-state index contributed by atoms with van der Waals surface area (Å²) in [5, 5.41) is 5.70. The predicted molar refractivity (Wildman–Crippen MR) is 153 cm³/mol. The number of alkyl carbamates (subject to hydrolysis) is 1. The van der Waals surface area contributed by atoms with Crippen molar-refractivity contribution in [3.05, 3.63) is 69.6 Å². The highest BCUT2D eigenvalue weighted by atomic mass is 32.1. The monoisotopic (exact) mass is 553 g/mol. The maximum absolute atomic E-state index is 13.2. The van der Waals surface area contributed by atoms with Crippen LogP contribution in [0.3, 0.4) is 0 Å². The standard InChI is InChI=1S/C28H35N5O5S/c1-18(2)16-19-10-8-11-20-25(19)39-23(30-20)17-33-15-9-12-21(27(33)36)31-26(35)22(38-28(37)29-3)13-6-7-14-24(34)32(4)5/h7-12,14-15,18,22H,6,13,16-17H2,1-5H3,(H,29,37)(H,31,35)/b14-7+. The first-order valence-corrected chi connectivity index (χ1v) is 13.5. The van der Waals surface area contributed by atoms with Crippen LogP contribution < -0.4 is 16.2 Å². The lowest BCUT2D eigenvalue weighted by Gasteiger charge is -2.17. The van der Waals surface area contributed by atoms with Crippen molar-refractivity contribution in [3.8, 4) is 0 Å². The van der Waals surface area contributed by atoms with Crippen molar-refractivity contribution in [1.82, 2.24) is 19.8 Å². The second-order valence-electron chi connectivity index (χ2n) is 9.67. The molecule has 2 aromatic heterocycles. The zero-order chi connectivity index (χ0) is 28.5. The summed E-state index contributed by atoms with van der Waals surface area (Å²) >= 11 is 1.56. The normalized spacial score (nSPS) is 12.1. The zero-order valence-corrected chi connectivity index (χ0v) is 23.7. The topological polar surface area (TPSA) is 123 Å². The Hall–Kier alpha value is -3.99. The van der Waals surface area contributed by atoms with Gasteiger partial charge in [-0.3, -0.25) is 14.4 Å². The number of carbonyl (C=O) groups excluding carboxylic acids is 3. The highest BCUT2D eigenvalue weighted by Gasteiger charge is 2.23. The summed E-state index contributed by atoms with van der Waals surface area (Å²) in [6.07, 6.45) is 4.08. The third kappa shape index (κ3) is 8.25. The Morgan fingerprint density at radius 1 is 1.18 bits per heavy atom. The predicted octanol–water partition coefficient (Wildman–Crippen LogP) is 3.79. The van der Waals surface area contributed by atoms with Gasteiger partial charge in [-0.05, 0) is 55.0 Å². The number of aromatic nitrogens is 2. The van der Waals surface area contributed by atoms with E-state index in [0.29, 0.717) is 12.3 Å². The molecule has 2 N–H and O–H groups in total. The van der Waals surface area contributed by atoms with E-state index >= 15 is 0 Å². The molecule has 3 amide bonds. The van der Waals surface area contributed by atoms with Gasteiger partial charge in [0.1, 0.15) is 10.7 Å². The summed E-state index contributed by atoms with van der Waals surface area (Å²) in [4.78, 5) is 55.9. The average Bonchev–Trinajstić information content (AvgIpc) is 3.31. The van der Waals surface area contributed by atoms with Crippen LogP contribution in [0.1, 0.15) is 37.3 Å². The number of pyridine rings is 1. The summed E-state index contributed by atoms with van der Waals surface area (Å²) in [6, 6.07) is 9.25. The molecule has 0 aliphatic heterocycles. The number of nitrogens with one attached hydrogen (secondary N) is 2. The Morgan fingerprint density at radius 2 is 1.95 bits per heavy atom. The number of thiazole rings is 1. The number of likely N-dealkylation sites (N-methyl/N-ethyl adjacent to an activating group) is 1. The SMILES string of the molecule is CNC(=O)OC(CC/C=C/C(=O)N(C)C)C(=O)Nc1cccn(Cc2nc3cccc(CC(C)C)c3s2)c1=O. The maximum Gasteiger partial charge on any atom is 0.407 e. The molecule has 2 heterocycles. The molecule has 1 unspecified atom stereocenters. The number of benzene rings is 1. The van der Waals surface area contributed by atoms with Crippen molar-refractivity contribution in [2.45, 2.75) is 45.8 Å². The smallest absolute Gasteiger partial charge is 0.407 e. The van der Waals surface area contributed by atoms with Gasteiger partial charge < -0.3 is 24.8 Å². The van der Waals surface area contributed by atoms with E-state index in [0.717, 1.165) is 21.6 Å². The minimum Gasteiger partial charge on any atom is -0.436 e. The Kier molecular flexibility index (Phi) is 10.4. The molecule has 208 valence electrons. The van der Waals surface area contributed by atoms with Crippen LogP contribution >= 0.6 is 11.3 Å². The molecule has 0 saturated carbocycles. The molecule has 0 aliphatic rings. The van der Waals surface area contributed by atoms with Crippen LogP contribution in [0, 0.1) is 5.92 Å². The van der Waals surface area contributed by atoms with Crippen molar-refractivity contribution >= 4 is 45.1 Å². The molecule has 10 nitrogen and oxygen atoms in total. The molecular formula is C28H35N5O5S. The van der Waals surface area contributed by atoms with E-state index in [9.17, 15) is 19.2 Å². The Labute approximate surface area is 231 Å². The van der Waals surface area contributed by atoms with Gasteiger partial charge in [-0.2, -0.15) is 0 Å². The van der Waals surface area contributed by atoms with Gasteiger partial charge in [-0.25, -0.2) is 9.78 Å². The highest BCUT2D eigenvalue weighted by Crippen LogP contribution is 2.28. The lowest BCUT2D eigenvalue weighted by molar-refractivity contribution is -0.124. The van der Waals surface area contributed by atoms with Gasteiger partial charge in [0, 0.05) is 27.3 Å². The quantitative estimate of drug-likeness (QED) is 0.349. The molecule has 3 aromatic rings. The number of hydrogen-bond acceptors (Lipinski definition) is 7. The summed E-state index contributed by atoms with van der Waals surface area (Å²) in [5.74, 6) is -0.326. The molecule has 0 aliphatic carbocycles. The van der Waals surface area contributed by atoms with Gasteiger partial charge in [0.2, 0.25) is 5.91 Å². The molecule has 0 bridgehead atoms. The number of amides is 3. The molecule has 0 radical (unpaired) electrons. The van der Waals surface area contributed by atoms with Crippen molar-refractivity contribution in [2.24, 2.45) is 5.92 Å². The van der Waals surface area contributed by atoms with Gasteiger partial charge >= 0.3 is 6.09 Å². The molecule has 0 spiro atoms. The number of carbonyl (C=O) groups is 3. The van der Waals surface area contributed by atoms with E-state index in [-0.39, 0.29) is 24.6 Å². The van der Waals surface area contributed by atoms with Crippen LogP contribution in [0.4, 0.5) is 10.5 Å². The van der Waals surface area contributed by atoms with Crippen LogP contribution in [0.15, 0.2) is 53.5 Å². The maximum atomic E-state index is 13.2. The number of rotatable bonds is 11. The van der Waals surface area contributed by atoms with Crippen LogP contribution in [0.25, 0.3) is 10.2 Å². The fourth-order valence-electron chi connectivity index (χ4n) is 3.85. The Morgan fingerprint density at radius 3 is 2.64 bits per heavy atom. The third-order valence-electron chi connectivity index (χ3n) is 5.80. The summed E-state index contributed by atoms with van der Waals surface area (Å²) < 4.78 is 7.82. The van der Waals surface area contributed by atoms with Gasteiger partial charge in [0.25, 0.3) is 11.5 Å². The van der Waals surface area contributed by atoms with Gasteiger partial charge in [0.15, 0.2) is 6.10 Å². The van der Waals surface area contributed by atoms with Crippen molar-refractivity contribution < 1.29 is 19.1 Å². The second-order valence-corrected chi connectivity index (χ2v) is 10.8. The lowest BCUT2D eigenvalue weighted by atomic mass is 10.0. The third-order valence-corrected chi connectivity index (χ3v) is 6.93. The number of nitrogens with zero attached hydrogens (tertiary/aromatic N) is 3. The average molecular weight is 554 g/mol. The first-order valence-electron chi connectivity index (χ1n) is 12.7. The fourth-order valence-corrected chi connectivity index (χ4v) is 4.93. The molecular weight excluding hydrogens is 518 g/mol. The largest absolute Gasteiger partial charge is 0.436 e. The molecule has 0 fully saturated rings. The number of fused-ring (bicyclic) bond motifs is 1. The van der Waals surface area contributed by atoms with E-state index in [1.807, 2.05) is 12.1 Å². The minimum atomic E-state index is -1.17. The van der Waals surface area contributed by atoms with E-state index in [1.54, 1.807) is 43.8 Å². The van der Waals surface area contributed by atoms with Crippen LogP contribution in [0.5, 0.6) is 0 Å². The van der Waals surface area contributed by atoms with E-state index in [2.05, 4.69) is 30.5 Å². The first-order chi connectivity index (χ1) is 18.6. The lowest BCUT2D eigenvalue weighted by Crippen LogP contribution is -2.37. The number of anilines is 1. The molecule has 1 aromatic carbocycles. The van der Waals surface area contributed by atoms with Gasteiger partial charge in [0.05, 0.1) is 16.8 Å². The molecule has 11 heteroatoms. The zero-order valence-electron chi connectivity index (χ0n) is 22.9. The fraction of sp³-hybridized carbons (Fsp3) is 0.393. The number of hydrogen-bond donors (Lipinski definition) is 2. The molecule has 0 saturated heterocycles.